The molecular formula is C11H16F3NO2. The van der Waals surface area contributed by atoms with Crippen molar-refractivity contribution in [2.24, 2.45) is 5.92 Å². The zero-order valence-corrected chi connectivity index (χ0v) is 10.1. The van der Waals surface area contributed by atoms with Crippen molar-refractivity contribution < 1.29 is 22.7 Å². The van der Waals surface area contributed by atoms with E-state index in [1.807, 2.05) is 0 Å². The van der Waals surface area contributed by atoms with E-state index in [-0.39, 0.29) is 25.3 Å². The Balaban J connectivity index is 2.15. The monoisotopic (exact) mass is 251 g/mol. The third-order valence-corrected chi connectivity index (χ3v) is 3.35. The van der Waals surface area contributed by atoms with Crippen molar-refractivity contribution in [1.82, 2.24) is 4.90 Å². The largest absolute Gasteiger partial charge is 0.444 e. The summed E-state index contributed by atoms with van der Waals surface area (Å²) in [6.45, 7) is 5.09. The second-order valence-corrected chi connectivity index (χ2v) is 5.89. The molecule has 0 aromatic rings. The van der Waals surface area contributed by atoms with Gasteiger partial charge in [-0.3, -0.25) is 4.90 Å². The highest BCUT2D eigenvalue weighted by molar-refractivity contribution is 5.71. The van der Waals surface area contributed by atoms with Crippen molar-refractivity contribution in [3.8, 4) is 0 Å². The molecule has 17 heavy (non-hydrogen) atoms. The van der Waals surface area contributed by atoms with E-state index >= 15 is 0 Å². The maximum atomic E-state index is 13.0. The molecule has 0 radical (unpaired) electrons. The maximum absolute atomic E-state index is 13.0. The lowest BCUT2D eigenvalue weighted by Crippen LogP contribution is -2.59. The summed E-state index contributed by atoms with van der Waals surface area (Å²) in [5.41, 5.74) is -2.73. The molecular weight excluding hydrogens is 235 g/mol. The summed E-state index contributed by atoms with van der Waals surface area (Å²) in [6.07, 6.45) is -5.17. The molecule has 3 nitrogen and oxygen atoms in total. The van der Waals surface area contributed by atoms with E-state index in [0.717, 1.165) is 4.90 Å². The number of nitrogens with zero attached hydrogens (tertiary/aromatic N) is 1. The van der Waals surface area contributed by atoms with Gasteiger partial charge in [-0.25, -0.2) is 4.79 Å². The van der Waals surface area contributed by atoms with Crippen LogP contribution in [0, 0.1) is 5.92 Å². The lowest BCUT2D eigenvalue weighted by atomic mass is 9.73. The van der Waals surface area contributed by atoms with Crippen LogP contribution in [0.1, 0.15) is 33.6 Å². The predicted octanol–water partition coefficient (Wildman–Crippen LogP) is 2.95. The summed E-state index contributed by atoms with van der Waals surface area (Å²) in [4.78, 5) is 12.6. The van der Waals surface area contributed by atoms with Gasteiger partial charge in [0.1, 0.15) is 11.1 Å². The summed E-state index contributed by atoms with van der Waals surface area (Å²) >= 11 is 0. The smallest absolute Gasteiger partial charge is 0.411 e. The van der Waals surface area contributed by atoms with Crippen LogP contribution in [0.15, 0.2) is 0 Å². The lowest BCUT2D eigenvalue weighted by Gasteiger charge is -2.43. The van der Waals surface area contributed by atoms with Gasteiger partial charge in [-0.05, 0) is 39.5 Å². The molecule has 3 rings (SSSR count). The van der Waals surface area contributed by atoms with Crippen molar-refractivity contribution >= 4 is 6.09 Å². The SMILES string of the molecule is CC(C)(C)OC(=O)N1CC2CC1(C(F)(F)F)C2. The molecule has 2 aliphatic heterocycles. The Kier molecular flexibility index (Phi) is 2.43. The van der Waals surface area contributed by atoms with E-state index in [9.17, 15) is 18.0 Å². The number of fused-ring (bicyclic) bond motifs is 1. The molecule has 3 fully saturated rings. The summed E-state index contributed by atoms with van der Waals surface area (Å²) < 4.78 is 44.0. The molecule has 0 spiro atoms. The van der Waals surface area contributed by atoms with Gasteiger partial charge in [0.2, 0.25) is 0 Å². The van der Waals surface area contributed by atoms with Crippen molar-refractivity contribution in [2.45, 2.75) is 50.9 Å². The highest BCUT2D eigenvalue weighted by Gasteiger charge is 2.71. The fourth-order valence-corrected chi connectivity index (χ4v) is 2.63. The number of ether oxygens (including phenoxy) is 1. The molecule has 0 atom stereocenters. The average Bonchev–Trinajstić information content (AvgIpc) is 2.49. The number of hydrogen-bond donors (Lipinski definition) is 0. The quantitative estimate of drug-likeness (QED) is 0.662. The molecule has 0 aromatic carbocycles. The highest BCUT2D eigenvalue weighted by Crippen LogP contribution is 2.58. The molecule has 2 heterocycles. The fourth-order valence-electron chi connectivity index (χ4n) is 2.63. The predicted molar refractivity (Wildman–Crippen MR) is 54.5 cm³/mol. The molecule has 1 amide bonds. The van der Waals surface area contributed by atoms with Gasteiger partial charge >= 0.3 is 12.3 Å². The van der Waals surface area contributed by atoms with Gasteiger partial charge in [-0.1, -0.05) is 0 Å². The molecule has 6 heteroatoms. The highest BCUT2D eigenvalue weighted by atomic mass is 19.4. The lowest BCUT2D eigenvalue weighted by molar-refractivity contribution is -0.233. The van der Waals surface area contributed by atoms with Crippen molar-refractivity contribution in [1.29, 1.82) is 0 Å². The van der Waals surface area contributed by atoms with Gasteiger partial charge in [0, 0.05) is 6.54 Å². The number of hydrogen-bond acceptors (Lipinski definition) is 2. The van der Waals surface area contributed by atoms with Crippen molar-refractivity contribution in [2.75, 3.05) is 6.54 Å². The minimum absolute atomic E-state index is 0.0236. The minimum atomic E-state index is -4.36. The maximum Gasteiger partial charge on any atom is 0.411 e. The minimum Gasteiger partial charge on any atom is -0.444 e. The average molecular weight is 251 g/mol. The Labute approximate surface area is 97.9 Å². The van der Waals surface area contributed by atoms with E-state index in [1.165, 1.54) is 0 Å². The number of alkyl halides is 3. The van der Waals surface area contributed by atoms with E-state index in [2.05, 4.69) is 0 Å². The number of halogens is 3. The molecule has 0 aromatic heterocycles. The standard InChI is InChI=1S/C11H16F3NO2/c1-9(2,3)17-8(16)15-6-7-4-10(15,5-7)11(12,13)14/h7H,4-6H2,1-3H3. The number of rotatable bonds is 0. The molecule has 2 bridgehead atoms. The van der Waals surface area contributed by atoms with Crippen LogP contribution in [0.4, 0.5) is 18.0 Å². The van der Waals surface area contributed by atoms with Gasteiger partial charge in [0.15, 0.2) is 0 Å². The number of amides is 1. The zero-order chi connectivity index (χ0) is 13.1. The van der Waals surface area contributed by atoms with E-state index in [1.54, 1.807) is 20.8 Å². The Morgan fingerprint density at radius 3 is 2.24 bits per heavy atom. The van der Waals surface area contributed by atoms with Crippen LogP contribution in [0.2, 0.25) is 0 Å². The second-order valence-electron chi connectivity index (χ2n) is 5.89. The summed E-state index contributed by atoms with van der Waals surface area (Å²) in [7, 11) is 0. The Hall–Kier alpha value is -0.940. The second kappa shape index (κ2) is 3.29. The molecule has 98 valence electrons. The first-order chi connectivity index (χ1) is 7.55. The van der Waals surface area contributed by atoms with Gasteiger partial charge in [-0.2, -0.15) is 13.2 Å². The van der Waals surface area contributed by atoms with Gasteiger partial charge < -0.3 is 4.74 Å². The first-order valence-corrected chi connectivity index (χ1v) is 5.62. The summed E-state index contributed by atoms with van der Waals surface area (Å²) in [5.74, 6) is -0.0239. The third-order valence-electron chi connectivity index (χ3n) is 3.35. The molecule has 2 saturated heterocycles. The summed E-state index contributed by atoms with van der Waals surface area (Å²) in [5, 5.41) is 0. The molecule has 1 aliphatic carbocycles. The number of carbonyl (C=O) groups is 1. The van der Waals surface area contributed by atoms with Gasteiger partial charge in [-0.15, -0.1) is 0 Å². The zero-order valence-electron chi connectivity index (χ0n) is 10.1. The van der Waals surface area contributed by atoms with Crippen LogP contribution in [-0.4, -0.2) is 34.9 Å². The summed E-state index contributed by atoms with van der Waals surface area (Å²) in [6, 6.07) is 0. The first kappa shape index (κ1) is 12.5. The van der Waals surface area contributed by atoms with Crippen LogP contribution in [0.5, 0.6) is 0 Å². The van der Waals surface area contributed by atoms with Crippen molar-refractivity contribution in [3.05, 3.63) is 0 Å². The molecule has 1 saturated carbocycles. The normalized spacial score (nSPS) is 32.4. The van der Waals surface area contributed by atoms with Crippen LogP contribution in [0.25, 0.3) is 0 Å². The third kappa shape index (κ3) is 1.87. The fraction of sp³-hybridized carbons (Fsp3) is 0.909. The van der Waals surface area contributed by atoms with Crippen LogP contribution < -0.4 is 0 Å². The van der Waals surface area contributed by atoms with E-state index in [0.29, 0.717) is 0 Å². The van der Waals surface area contributed by atoms with Gasteiger partial charge in [0.25, 0.3) is 0 Å². The number of carbonyl (C=O) groups excluding carboxylic acids is 1. The van der Waals surface area contributed by atoms with Crippen LogP contribution in [0.3, 0.4) is 0 Å². The Bertz CT molecular complexity index is 340. The Morgan fingerprint density at radius 2 is 1.82 bits per heavy atom. The van der Waals surface area contributed by atoms with Crippen LogP contribution >= 0.6 is 0 Å². The van der Waals surface area contributed by atoms with Crippen molar-refractivity contribution in [3.63, 3.8) is 0 Å². The van der Waals surface area contributed by atoms with E-state index < -0.39 is 23.4 Å². The first-order valence-electron chi connectivity index (χ1n) is 5.62. The van der Waals surface area contributed by atoms with Crippen LogP contribution in [-0.2, 0) is 4.74 Å². The molecule has 0 N–H and O–H groups in total. The van der Waals surface area contributed by atoms with Gasteiger partial charge in [0.05, 0.1) is 0 Å². The van der Waals surface area contributed by atoms with E-state index in [4.69, 9.17) is 4.74 Å². The molecule has 3 aliphatic rings. The Morgan fingerprint density at radius 1 is 1.29 bits per heavy atom. The molecule has 0 unspecified atom stereocenters. The topological polar surface area (TPSA) is 29.5 Å².